The van der Waals surface area contributed by atoms with E-state index in [1.165, 1.54) is 4.90 Å². The van der Waals surface area contributed by atoms with Crippen LogP contribution in [0.2, 0.25) is 0 Å². The second kappa shape index (κ2) is 4.68. The predicted molar refractivity (Wildman–Crippen MR) is 49.0 cm³/mol. The molecule has 1 rings (SSSR count). The normalized spacial score (nSPS) is 28.2. The van der Waals surface area contributed by atoms with Crippen LogP contribution in [0.25, 0.3) is 0 Å². The van der Waals surface area contributed by atoms with Crippen molar-refractivity contribution in [3.8, 4) is 0 Å². The third-order valence-electron chi connectivity index (χ3n) is 2.78. The van der Waals surface area contributed by atoms with E-state index >= 15 is 0 Å². The maximum atomic E-state index is 12.2. The zero-order chi connectivity index (χ0) is 10.7. The summed E-state index contributed by atoms with van der Waals surface area (Å²) >= 11 is 0. The van der Waals surface area contributed by atoms with Crippen LogP contribution in [0, 0.1) is 5.92 Å². The molecule has 1 aliphatic rings. The van der Waals surface area contributed by atoms with E-state index in [1.54, 1.807) is 6.92 Å². The van der Waals surface area contributed by atoms with Gasteiger partial charge in [0.25, 0.3) is 5.91 Å². The lowest BCUT2D eigenvalue weighted by Crippen LogP contribution is -2.49. The Kier molecular flexibility index (Phi) is 3.80. The number of halogens is 2. The number of hydrogen-bond donors (Lipinski definition) is 1. The van der Waals surface area contributed by atoms with Crippen LogP contribution in [0.3, 0.4) is 0 Å². The minimum atomic E-state index is -2.89. The molecule has 0 radical (unpaired) electrons. The Labute approximate surface area is 82.2 Å². The number of rotatable bonds is 2. The van der Waals surface area contributed by atoms with E-state index in [0.717, 1.165) is 12.8 Å². The molecular formula is C9H16F2N2O. The van der Waals surface area contributed by atoms with Crippen LogP contribution >= 0.6 is 0 Å². The number of hydrogen-bond acceptors (Lipinski definition) is 2. The topological polar surface area (TPSA) is 46.3 Å². The minimum Gasteiger partial charge on any atom is -0.335 e. The molecule has 82 valence electrons. The molecule has 1 fully saturated rings. The van der Waals surface area contributed by atoms with Crippen LogP contribution in [0.4, 0.5) is 8.78 Å². The molecular weight excluding hydrogens is 190 g/mol. The molecule has 0 aromatic carbocycles. The van der Waals surface area contributed by atoms with E-state index < -0.39 is 12.3 Å². The number of carbonyl (C=O) groups excluding carboxylic acids is 1. The van der Waals surface area contributed by atoms with E-state index in [-0.39, 0.29) is 12.0 Å². The first kappa shape index (κ1) is 11.4. The van der Waals surface area contributed by atoms with Crippen molar-refractivity contribution in [1.29, 1.82) is 0 Å². The molecule has 1 aliphatic heterocycles. The van der Waals surface area contributed by atoms with Gasteiger partial charge in [0.1, 0.15) is 0 Å². The van der Waals surface area contributed by atoms with Crippen molar-refractivity contribution in [2.24, 2.45) is 11.7 Å². The van der Waals surface area contributed by atoms with Gasteiger partial charge in [0.2, 0.25) is 0 Å². The van der Waals surface area contributed by atoms with Gasteiger partial charge >= 0.3 is 6.43 Å². The van der Waals surface area contributed by atoms with Crippen LogP contribution < -0.4 is 5.73 Å². The van der Waals surface area contributed by atoms with Gasteiger partial charge in [-0.3, -0.25) is 4.79 Å². The molecule has 0 aromatic rings. The van der Waals surface area contributed by atoms with Gasteiger partial charge in [-0.15, -0.1) is 0 Å². The van der Waals surface area contributed by atoms with Crippen LogP contribution in [0.1, 0.15) is 19.8 Å². The van der Waals surface area contributed by atoms with Crippen molar-refractivity contribution < 1.29 is 13.6 Å². The van der Waals surface area contributed by atoms with Gasteiger partial charge in [-0.05, 0) is 32.2 Å². The zero-order valence-electron chi connectivity index (χ0n) is 8.25. The maximum Gasteiger partial charge on any atom is 0.315 e. The van der Waals surface area contributed by atoms with Crippen molar-refractivity contribution in [2.45, 2.75) is 32.2 Å². The van der Waals surface area contributed by atoms with Gasteiger partial charge in [0.05, 0.1) is 0 Å². The number of alkyl halides is 2. The second-order valence-corrected chi connectivity index (χ2v) is 3.82. The smallest absolute Gasteiger partial charge is 0.315 e. The summed E-state index contributed by atoms with van der Waals surface area (Å²) in [6.07, 6.45) is -1.21. The Morgan fingerprint density at radius 1 is 1.57 bits per heavy atom. The van der Waals surface area contributed by atoms with Crippen LogP contribution in [0.15, 0.2) is 0 Å². The van der Waals surface area contributed by atoms with Gasteiger partial charge in [0, 0.05) is 12.6 Å². The van der Waals surface area contributed by atoms with E-state index in [0.29, 0.717) is 13.1 Å². The van der Waals surface area contributed by atoms with Crippen molar-refractivity contribution in [1.82, 2.24) is 4.90 Å². The lowest BCUT2D eigenvalue weighted by Gasteiger charge is -2.37. The lowest BCUT2D eigenvalue weighted by molar-refractivity contribution is -0.147. The average molecular weight is 206 g/mol. The Morgan fingerprint density at radius 2 is 2.21 bits per heavy atom. The largest absolute Gasteiger partial charge is 0.335 e. The number of likely N-dealkylation sites (tertiary alicyclic amines) is 1. The second-order valence-electron chi connectivity index (χ2n) is 3.82. The van der Waals surface area contributed by atoms with Crippen LogP contribution in [-0.2, 0) is 4.79 Å². The highest BCUT2D eigenvalue weighted by Gasteiger charge is 2.32. The van der Waals surface area contributed by atoms with Crippen molar-refractivity contribution >= 4 is 5.91 Å². The number of nitrogens with two attached hydrogens (primary N) is 1. The first-order valence-electron chi connectivity index (χ1n) is 4.85. The molecule has 5 heteroatoms. The Bertz CT molecular complexity index is 211. The fourth-order valence-corrected chi connectivity index (χ4v) is 1.81. The predicted octanol–water partition coefficient (Wildman–Crippen LogP) is 0.837. The Balaban J connectivity index is 2.60. The third kappa shape index (κ3) is 2.41. The molecule has 2 N–H and O–H groups in total. The molecule has 0 aromatic heterocycles. The zero-order valence-corrected chi connectivity index (χ0v) is 8.25. The monoisotopic (exact) mass is 206 g/mol. The molecule has 2 unspecified atom stereocenters. The summed E-state index contributed by atoms with van der Waals surface area (Å²) in [5.41, 5.74) is 5.46. The average Bonchev–Trinajstić information content (AvgIpc) is 2.17. The number of amides is 1. The maximum absolute atomic E-state index is 12.2. The molecule has 14 heavy (non-hydrogen) atoms. The van der Waals surface area contributed by atoms with Crippen molar-refractivity contribution in [3.05, 3.63) is 0 Å². The fraction of sp³-hybridized carbons (Fsp3) is 0.889. The van der Waals surface area contributed by atoms with E-state index in [9.17, 15) is 13.6 Å². The molecule has 0 aliphatic carbocycles. The van der Waals surface area contributed by atoms with Crippen LogP contribution in [-0.4, -0.2) is 36.4 Å². The molecule has 0 saturated carbocycles. The number of piperidine rings is 1. The first-order chi connectivity index (χ1) is 6.56. The van der Waals surface area contributed by atoms with E-state index in [4.69, 9.17) is 5.73 Å². The third-order valence-corrected chi connectivity index (χ3v) is 2.78. The molecule has 3 nitrogen and oxygen atoms in total. The van der Waals surface area contributed by atoms with E-state index in [1.807, 2.05) is 0 Å². The lowest BCUT2D eigenvalue weighted by atomic mass is 9.93. The summed E-state index contributed by atoms with van der Waals surface area (Å²) in [6.45, 7) is 2.63. The molecule has 1 amide bonds. The fourth-order valence-electron chi connectivity index (χ4n) is 1.81. The molecule has 0 spiro atoms. The highest BCUT2D eigenvalue weighted by atomic mass is 19.3. The molecule has 1 saturated heterocycles. The highest BCUT2D eigenvalue weighted by Crippen LogP contribution is 2.22. The van der Waals surface area contributed by atoms with Gasteiger partial charge in [-0.25, -0.2) is 0 Å². The van der Waals surface area contributed by atoms with Crippen LogP contribution in [0.5, 0.6) is 0 Å². The van der Waals surface area contributed by atoms with Gasteiger partial charge in [-0.1, -0.05) is 0 Å². The SMILES string of the molecule is CC1CCC(CN)CN1C(=O)C(F)F. The van der Waals surface area contributed by atoms with Crippen molar-refractivity contribution in [2.75, 3.05) is 13.1 Å². The molecule has 0 bridgehead atoms. The summed E-state index contributed by atoms with van der Waals surface area (Å²) < 4.78 is 24.4. The van der Waals surface area contributed by atoms with Gasteiger partial charge < -0.3 is 10.6 Å². The van der Waals surface area contributed by atoms with E-state index in [2.05, 4.69) is 0 Å². The number of carbonyl (C=O) groups is 1. The summed E-state index contributed by atoms with van der Waals surface area (Å²) in [6, 6.07) is -0.0840. The molecule has 2 atom stereocenters. The summed E-state index contributed by atoms with van der Waals surface area (Å²) in [4.78, 5) is 12.4. The van der Waals surface area contributed by atoms with Gasteiger partial charge in [0.15, 0.2) is 0 Å². The molecule has 1 heterocycles. The summed E-state index contributed by atoms with van der Waals surface area (Å²) in [7, 11) is 0. The standard InChI is InChI=1S/C9H16F2N2O/c1-6-2-3-7(4-12)5-13(6)9(14)8(10)11/h6-8H,2-5,12H2,1H3. The Morgan fingerprint density at radius 3 is 2.71 bits per heavy atom. The Hall–Kier alpha value is -0.710. The minimum absolute atomic E-state index is 0.0840. The van der Waals surface area contributed by atoms with Crippen molar-refractivity contribution in [3.63, 3.8) is 0 Å². The summed E-state index contributed by atoms with van der Waals surface area (Å²) in [5, 5.41) is 0. The van der Waals surface area contributed by atoms with Gasteiger partial charge in [-0.2, -0.15) is 8.78 Å². The highest BCUT2D eigenvalue weighted by molar-refractivity contribution is 5.79. The quantitative estimate of drug-likeness (QED) is 0.727. The first-order valence-corrected chi connectivity index (χ1v) is 4.85. The number of nitrogens with zero attached hydrogens (tertiary/aromatic N) is 1. The summed E-state index contributed by atoms with van der Waals surface area (Å²) in [5.74, 6) is -0.885.